The first-order chi connectivity index (χ1) is 12.0. The van der Waals surface area contributed by atoms with Gasteiger partial charge in [-0.3, -0.25) is 0 Å². The maximum Gasteiger partial charge on any atom is 0.132 e. The van der Waals surface area contributed by atoms with Gasteiger partial charge in [0.1, 0.15) is 5.82 Å². The van der Waals surface area contributed by atoms with Crippen molar-refractivity contribution in [3.63, 3.8) is 0 Å². The zero-order chi connectivity index (χ0) is 17.6. The summed E-state index contributed by atoms with van der Waals surface area (Å²) in [6, 6.07) is 14.0. The number of fused-ring (bicyclic) bond motifs is 1. The normalized spacial score (nSPS) is 21.0. The van der Waals surface area contributed by atoms with Crippen LogP contribution in [0.25, 0.3) is 16.6 Å². The minimum absolute atomic E-state index is 0.175. The number of rotatable bonds is 2. The molecule has 0 aliphatic carbocycles. The third-order valence-corrected chi connectivity index (χ3v) is 5.04. The molecule has 25 heavy (non-hydrogen) atoms. The van der Waals surface area contributed by atoms with Crippen molar-refractivity contribution in [2.24, 2.45) is 0 Å². The van der Waals surface area contributed by atoms with Crippen LogP contribution in [0, 0.1) is 12.7 Å². The Kier molecular flexibility index (Phi) is 4.00. The van der Waals surface area contributed by atoms with Gasteiger partial charge >= 0.3 is 0 Å². The van der Waals surface area contributed by atoms with Crippen LogP contribution in [0.3, 0.4) is 0 Å². The molecule has 3 nitrogen and oxygen atoms in total. The van der Waals surface area contributed by atoms with E-state index in [2.05, 4.69) is 47.6 Å². The molecular formula is C21H23FN2O. The van der Waals surface area contributed by atoms with E-state index in [1.54, 1.807) is 0 Å². The van der Waals surface area contributed by atoms with E-state index < -0.39 is 0 Å². The van der Waals surface area contributed by atoms with E-state index in [9.17, 15) is 4.39 Å². The summed E-state index contributed by atoms with van der Waals surface area (Å²) < 4.78 is 21.9. The largest absolute Gasteiger partial charge is 0.375 e. The molecule has 0 saturated carbocycles. The first-order valence-corrected chi connectivity index (χ1v) is 8.79. The van der Waals surface area contributed by atoms with Gasteiger partial charge in [-0.25, -0.2) is 4.39 Å². The zero-order valence-corrected chi connectivity index (χ0v) is 14.9. The van der Waals surface area contributed by atoms with Crippen LogP contribution in [0.15, 0.2) is 48.7 Å². The fourth-order valence-electron chi connectivity index (χ4n) is 3.69. The lowest BCUT2D eigenvalue weighted by Crippen LogP contribution is -2.47. The van der Waals surface area contributed by atoms with E-state index in [0.29, 0.717) is 11.4 Å². The van der Waals surface area contributed by atoms with Crippen molar-refractivity contribution >= 4 is 16.6 Å². The second-order valence-electron chi connectivity index (χ2n) is 6.98. The number of aryl methyl sites for hydroxylation is 1. The molecule has 3 aromatic rings. The lowest BCUT2D eigenvalue weighted by atomic mass is 10.1. The van der Waals surface area contributed by atoms with Gasteiger partial charge in [0.05, 0.1) is 18.2 Å². The molecule has 1 aliphatic heterocycles. The van der Waals surface area contributed by atoms with Crippen LogP contribution in [0.2, 0.25) is 0 Å². The minimum atomic E-state index is -0.175. The van der Waals surface area contributed by atoms with E-state index in [-0.39, 0.29) is 11.9 Å². The molecule has 2 unspecified atom stereocenters. The van der Waals surface area contributed by atoms with Crippen LogP contribution in [0.4, 0.5) is 10.1 Å². The van der Waals surface area contributed by atoms with E-state index >= 15 is 0 Å². The van der Waals surface area contributed by atoms with Crippen LogP contribution in [-0.2, 0) is 4.74 Å². The molecule has 2 aromatic carbocycles. The Bertz CT molecular complexity index is 917. The van der Waals surface area contributed by atoms with Crippen LogP contribution < -0.4 is 4.90 Å². The number of anilines is 1. The van der Waals surface area contributed by atoms with E-state index in [4.69, 9.17) is 4.74 Å². The van der Waals surface area contributed by atoms with E-state index in [1.165, 1.54) is 11.8 Å². The average molecular weight is 338 g/mol. The maximum absolute atomic E-state index is 14.1. The lowest BCUT2D eigenvalue weighted by molar-refractivity contribution is 0.0344. The predicted molar refractivity (Wildman–Crippen MR) is 100 cm³/mol. The highest BCUT2D eigenvalue weighted by molar-refractivity contribution is 5.85. The fourth-order valence-corrected chi connectivity index (χ4v) is 3.69. The molecule has 0 amide bonds. The number of morpholine rings is 1. The second kappa shape index (κ2) is 6.19. The van der Waals surface area contributed by atoms with Gasteiger partial charge in [-0.1, -0.05) is 12.1 Å². The molecule has 1 aromatic heterocycles. The van der Waals surface area contributed by atoms with Crippen LogP contribution in [0.1, 0.15) is 19.4 Å². The first kappa shape index (κ1) is 16.2. The van der Waals surface area contributed by atoms with Gasteiger partial charge in [0.2, 0.25) is 0 Å². The summed E-state index contributed by atoms with van der Waals surface area (Å²) in [7, 11) is 0. The number of hydrogen-bond acceptors (Lipinski definition) is 2. The zero-order valence-electron chi connectivity index (χ0n) is 14.9. The highest BCUT2D eigenvalue weighted by atomic mass is 19.1. The molecule has 2 heterocycles. The Balaban J connectivity index is 1.79. The minimum Gasteiger partial charge on any atom is -0.375 e. The van der Waals surface area contributed by atoms with E-state index in [1.807, 2.05) is 25.3 Å². The summed E-state index contributed by atoms with van der Waals surface area (Å²) in [5.74, 6) is -0.175. The number of benzene rings is 2. The van der Waals surface area contributed by atoms with Crippen LogP contribution in [-0.4, -0.2) is 29.9 Å². The lowest BCUT2D eigenvalue weighted by Gasteiger charge is -2.38. The summed E-state index contributed by atoms with van der Waals surface area (Å²) >= 11 is 0. The molecule has 1 saturated heterocycles. The van der Waals surface area contributed by atoms with Crippen LogP contribution in [0.5, 0.6) is 0 Å². The Labute approximate surface area is 147 Å². The van der Waals surface area contributed by atoms with Gasteiger partial charge < -0.3 is 14.2 Å². The summed E-state index contributed by atoms with van der Waals surface area (Å²) in [5, 5.41) is 0.666. The molecule has 0 N–H and O–H groups in total. The first-order valence-electron chi connectivity index (χ1n) is 8.79. The quantitative estimate of drug-likeness (QED) is 0.674. The molecule has 4 heteroatoms. The summed E-state index contributed by atoms with van der Waals surface area (Å²) in [6.45, 7) is 7.93. The molecule has 130 valence electrons. The number of halogens is 1. The SMILES string of the molecule is Cc1ccc(F)c2ccn(-c3cccc(N4CC(C)OCC4C)c3)c12. The monoisotopic (exact) mass is 338 g/mol. The number of aromatic nitrogens is 1. The molecule has 0 spiro atoms. The highest BCUT2D eigenvalue weighted by Crippen LogP contribution is 2.29. The Hall–Kier alpha value is -2.33. The van der Waals surface area contributed by atoms with Crippen molar-refractivity contribution in [1.82, 2.24) is 4.57 Å². The molecule has 1 aliphatic rings. The van der Waals surface area contributed by atoms with Gasteiger partial charge in [0, 0.05) is 35.5 Å². The number of hydrogen-bond donors (Lipinski definition) is 0. The average Bonchev–Trinajstić information content (AvgIpc) is 3.07. The number of ether oxygens (including phenoxy) is 1. The van der Waals surface area contributed by atoms with Crippen molar-refractivity contribution in [2.45, 2.75) is 32.9 Å². The van der Waals surface area contributed by atoms with Gasteiger partial charge in [-0.2, -0.15) is 0 Å². The van der Waals surface area contributed by atoms with Gasteiger partial charge in [-0.05, 0) is 56.7 Å². The second-order valence-corrected chi connectivity index (χ2v) is 6.98. The van der Waals surface area contributed by atoms with Gasteiger partial charge in [0.15, 0.2) is 0 Å². The summed E-state index contributed by atoms with van der Waals surface area (Å²) in [4.78, 5) is 2.39. The van der Waals surface area contributed by atoms with E-state index in [0.717, 1.165) is 29.9 Å². The third-order valence-electron chi connectivity index (χ3n) is 5.04. The Morgan fingerprint density at radius 2 is 1.88 bits per heavy atom. The maximum atomic E-state index is 14.1. The topological polar surface area (TPSA) is 17.4 Å². The molecular weight excluding hydrogens is 315 g/mol. The standard InChI is InChI=1S/C21H23FN2O/c1-14-7-8-20(22)19-9-10-23(21(14)19)17-5-4-6-18(11-17)24-12-16(3)25-13-15(24)2/h4-11,15-16H,12-13H2,1-3H3. The van der Waals surface area contributed by atoms with Crippen molar-refractivity contribution < 1.29 is 9.13 Å². The molecule has 4 rings (SSSR count). The van der Waals surface area contributed by atoms with Gasteiger partial charge in [0.25, 0.3) is 0 Å². The third kappa shape index (κ3) is 2.81. The Morgan fingerprint density at radius 3 is 2.72 bits per heavy atom. The summed E-state index contributed by atoms with van der Waals surface area (Å²) in [6.07, 6.45) is 2.18. The van der Waals surface area contributed by atoms with Gasteiger partial charge in [-0.15, -0.1) is 0 Å². The van der Waals surface area contributed by atoms with Crippen molar-refractivity contribution in [3.05, 3.63) is 60.0 Å². The molecule has 0 radical (unpaired) electrons. The Morgan fingerprint density at radius 1 is 1.08 bits per heavy atom. The summed E-state index contributed by atoms with van der Waals surface area (Å²) in [5.41, 5.74) is 4.23. The van der Waals surface area contributed by atoms with Crippen molar-refractivity contribution in [1.29, 1.82) is 0 Å². The van der Waals surface area contributed by atoms with Crippen molar-refractivity contribution in [3.8, 4) is 5.69 Å². The predicted octanol–water partition coefficient (Wildman–Crippen LogP) is 4.69. The highest BCUT2D eigenvalue weighted by Gasteiger charge is 2.24. The molecule has 1 fully saturated rings. The molecule has 0 bridgehead atoms. The fraction of sp³-hybridized carbons (Fsp3) is 0.333. The smallest absolute Gasteiger partial charge is 0.132 e. The van der Waals surface area contributed by atoms with Crippen molar-refractivity contribution in [2.75, 3.05) is 18.1 Å². The van der Waals surface area contributed by atoms with Crippen LogP contribution >= 0.6 is 0 Å². The molecule has 2 atom stereocenters. The number of nitrogens with zero attached hydrogens (tertiary/aromatic N) is 2.